The summed E-state index contributed by atoms with van der Waals surface area (Å²) >= 11 is 0. The van der Waals surface area contributed by atoms with Crippen molar-refractivity contribution in [3.8, 4) is 0 Å². The Morgan fingerprint density at radius 1 is 1.25 bits per heavy atom. The highest BCUT2D eigenvalue weighted by atomic mass is 16.5. The van der Waals surface area contributed by atoms with E-state index in [2.05, 4.69) is 31.0 Å². The Balaban J connectivity index is 1.98. The van der Waals surface area contributed by atoms with Crippen LogP contribution in [0.5, 0.6) is 0 Å². The number of hydrogen-bond acceptors (Lipinski definition) is 4. The lowest BCUT2D eigenvalue weighted by atomic mass is 9.93. The van der Waals surface area contributed by atoms with Crippen LogP contribution in [-0.2, 0) is 17.7 Å². The van der Waals surface area contributed by atoms with Gasteiger partial charge in [-0.3, -0.25) is 9.69 Å². The van der Waals surface area contributed by atoms with Gasteiger partial charge in [-0.1, -0.05) is 20.8 Å². The first-order valence-electron chi connectivity index (χ1n) is 9.28. The van der Waals surface area contributed by atoms with Crippen LogP contribution < -0.4 is 5.32 Å². The minimum atomic E-state index is -0.0867. The maximum atomic E-state index is 12.5. The summed E-state index contributed by atoms with van der Waals surface area (Å²) in [6.45, 7) is 9.20. The quantitative estimate of drug-likeness (QED) is 0.791. The molecule has 0 unspecified atom stereocenters. The molecular weight excluding hydrogens is 304 g/mol. The molecule has 0 radical (unpaired) electrons. The van der Waals surface area contributed by atoms with Crippen LogP contribution in [0.3, 0.4) is 0 Å². The van der Waals surface area contributed by atoms with Gasteiger partial charge in [0.15, 0.2) is 5.76 Å². The highest BCUT2D eigenvalue weighted by molar-refractivity contribution is 5.92. The molecule has 5 nitrogen and oxygen atoms in total. The number of nitrogens with one attached hydrogen (secondary N) is 1. The summed E-state index contributed by atoms with van der Waals surface area (Å²) in [5, 5.41) is 3.12. The molecule has 1 N–H and O–H groups in total. The van der Waals surface area contributed by atoms with E-state index < -0.39 is 0 Å². The van der Waals surface area contributed by atoms with Gasteiger partial charge in [0.25, 0.3) is 5.91 Å². The number of rotatable bonds is 8. The fourth-order valence-electron chi connectivity index (χ4n) is 3.40. The predicted octanol–water partition coefficient (Wildman–Crippen LogP) is 3.37. The maximum absolute atomic E-state index is 12.5. The van der Waals surface area contributed by atoms with Crippen LogP contribution in [0.25, 0.3) is 0 Å². The molecule has 136 valence electrons. The first-order chi connectivity index (χ1) is 11.6. The fourth-order valence-corrected chi connectivity index (χ4v) is 3.40. The second kappa shape index (κ2) is 9.23. The number of ether oxygens (including phenoxy) is 1. The smallest absolute Gasteiger partial charge is 0.287 e. The van der Waals surface area contributed by atoms with Gasteiger partial charge in [0.05, 0.1) is 6.10 Å². The zero-order chi connectivity index (χ0) is 17.5. The van der Waals surface area contributed by atoms with Crippen LogP contribution in [0, 0.1) is 0 Å². The largest absolute Gasteiger partial charge is 0.456 e. The van der Waals surface area contributed by atoms with E-state index in [0.29, 0.717) is 11.9 Å². The zero-order valence-corrected chi connectivity index (χ0v) is 15.6. The minimum absolute atomic E-state index is 0.0867. The molecule has 1 aromatic rings. The van der Waals surface area contributed by atoms with Crippen LogP contribution in [-0.4, -0.2) is 43.2 Å². The number of aryl methyl sites for hydroxylation is 1. The topological polar surface area (TPSA) is 54.7 Å². The zero-order valence-electron chi connectivity index (χ0n) is 15.6. The van der Waals surface area contributed by atoms with E-state index in [1.165, 1.54) is 0 Å². The highest BCUT2D eigenvalue weighted by Gasteiger charge is 2.24. The van der Waals surface area contributed by atoms with Crippen LogP contribution in [0.15, 0.2) is 10.5 Å². The van der Waals surface area contributed by atoms with Crippen LogP contribution in [0.2, 0.25) is 0 Å². The van der Waals surface area contributed by atoms with Gasteiger partial charge in [0.1, 0.15) is 5.76 Å². The van der Waals surface area contributed by atoms with Gasteiger partial charge < -0.3 is 14.5 Å². The van der Waals surface area contributed by atoms with Crippen molar-refractivity contribution < 1.29 is 13.9 Å². The molecule has 1 aliphatic rings. The van der Waals surface area contributed by atoms with Gasteiger partial charge >= 0.3 is 0 Å². The van der Waals surface area contributed by atoms with E-state index in [1.807, 2.05) is 6.07 Å². The van der Waals surface area contributed by atoms with E-state index in [4.69, 9.17) is 9.15 Å². The van der Waals surface area contributed by atoms with Crippen molar-refractivity contribution in [3.05, 3.63) is 23.2 Å². The summed E-state index contributed by atoms with van der Waals surface area (Å²) in [6.07, 6.45) is 5.10. The standard InChI is InChI=1S/C19H32N2O3/c1-5-17-14(13-21(6-2)7-3)12-18(24-17)19(22)20-15-8-10-16(23-4)11-9-15/h12,15-16H,5-11,13H2,1-4H3,(H,20,22). The molecule has 1 aliphatic carbocycles. The number of hydrogen-bond donors (Lipinski definition) is 1. The molecule has 2 rings (SSSR count). The summed E-state index contributed by atoms with van der Waals surface area (Å²) in [4.78, 5) is 14.9. The van der Waals surface area contributed by atoms with Crippen molar-refractivity contribution in [2.45, 2.75) is 71.6 Å². The third-order valence-electron chi connectivity index (χ3n) is 5.07. The van der Waals surface area contributed by atoms with E-state index >= 15 is 0 Å². The molecule has 1 heterocycles. The number of nitrogens with zero attached hydrogens (tertiary/aromatic N) is 1. The Morgan fingerprint density at radius 3 is 2.46 bits per heavy atom. The van der Waals surface area contributed by atoms with E-state index in [0.717, 1.165) is 63.1 Å². The number of carbonyl (C=O) groups excluding carboxylic acids is 1. The predicted molar refractivity (Wildman–Crippen MR) is 95.2 cm³/mol. The van der Waals surface area contributed by atoms with Crippen molar-refractivity contribution in [1.29, 1.82) is 0 Å². The van der Waals surface area contributed by atoms with Gasteiger partial charge in [-0.2, -0.15) is 0 Å². The molecule has 0 aliphatic heterocycles. The molecule has 0 saturated heterocycles. The Hall–Kier alpha value is -1.33. The maximum Gasteiger partial charge on any atom is 0.287 e. The monoisotopic (exact) mass is 336 g/mol. The number of carbonyl (C=O) groups is 1. The molecule has 0 bridgehead atoms. The number of methoxy groups -OCH3 is 1. The third-order valence-corrected chi connectivity index (χ3v) is 5.07. The Kier molecular flexibility index (Phi) is 7.31. The van der Waals surface area contributed by atoms with Gasteiger partial charge in [-0.15, -0.1) is 0 Å². The first-order valence-corrected chi connectivity index (χ1v) is 9.28. The summed E-state index contributed by atoms with van der Waals surface area (Å²) < 4.78 is 11.2. The van der Waals surface area contributed by atoms with Gasteiger partial charge in [0.2, 0.25) is 0 Å². The van der Waals surface area contributed by atoms with Gasteiger partial charge in [-0.05, 0) is 44.8 Å². The third kappa shape index (κ3) is 4.84. The molecule has 0 atom stereocenters. The molecule has 0 spiro atoms. The molecule has 1 saturated carbocycles. The highest BCUT2D eigenvalue weighted by Crippen LogP contribution is 2.22. The molecule has 5 heteroatoms. The molecular formula is C19H32N2O3. The Labute approximate surface area is 145 Å². The molecule has 24 heavy (non-hydrogen) atoms. The second-order valence-electron chi connectivity index (χ2n) is 6.56. The lowest BCUT2D eigenvalue weighted by Gasteiger charge is -2.27. The van der Waals surface area contributed by atoms with Crippen molar-refractivity contribution in [2.75, 3.05) is 20.2 Å². The second-order valence-corrected chi connectivity index (χ2v) is 6.56. The number of furan rings is 1. The lowest BCUT2D eigenvalue weighted by molar-refractivity contribution is 0.0594. The van der Waals surface area contributed by atoms with Crippen LogP contribution >= 0.6 is 0 Å². The van der Waals surface area contributed by atoms with E-state index in [9.17, 15) is 4.79 Å². The van der Waals surface area contributed by atoms with Gasteiger partial charge in [0, 0.05) is 31.7 Å². The van der Waals surface area contributed by atoms with Crippen molar-refractivity contribution >= 4 is 5.91 Å². The molecule has 0 aromatic carbocycles. The lowest BCUT2D eigenvalue weighted by Crippen LogP contribution is -2.38. The molecule has 1 amide bonds. The summed E-state index contributed by atoms with van der Waals surface area (Å²) in [5.74, 6) is 1.29. The average molecular weight is 336 g/mol. The van der Waals surface area contributed by atoms with Gasteiger partial charge in [-0.25, -0.2) is 0 Å². The summed E-state index contributed by atoms with van der Waals surface area (Å²) in [5.41, 5.74) is 1.13. The average Bonchev–Trinajstić information content (AvgIpc) is 3.03. The Morgan fingerprint density at radius 2 is 1.92 bits per heavy atom. The van der Waals surface area contributed by atoms with E-state index in [1.54, 1.807) is 7.11 Å². The van der Waals surface area contributed by atoms with Crippen molar-refractivity contribution in [1.82, 2.24) is 10.2 Å². The fraction of sp³-hybridized carbons (Fsp3) is 0.737. The SMILES string of the molecule is CCc1oc(C(=O)NC2CCC(OC)CC2)cc1CN(CC)CC. The summed E-state index contributed by atoms with van der Waals surface area (Å²) in [7, 11) is 1.76. The molecule has 1 aromatic heterocycles. The normalized spacial score (nSPS) is 21.2. The first kappa shape index (κ1) is 19.0. The van der Waals surface area contributed by atoms with Crippen molar-refractivity contribution in [2.24, 2.45) is 0 Å². The number of amides is 1. The summed E-state index contributed by atoms with van der Waals surface area (Å²) in [6, 6.07) is 2.15. The van der Waals surface area contributed by atoms with Crippen LogP contribution in [0.4, 0.5) is 0 Å². The van der Waals surface area contributed by atoms with Crippen molar-refractivity contribution in [3.63, 3.8) is 0 Å². The Bertz CT molecular complexity index is 515. The molecule has 1 fully saturated rings. The minimum Gasteiger partial charge on any atom is -0.456 e. The van der Waals surface area contributed by atoms with E-state index in [-0.39, 0.29) is 11.9 Å². The van der Waals surface area contributed by atoms with Crippen LogP contribution in [0.1, 0.15) is 68.3 Å².